The molecule has 7 atom stereocenters. The van der Waals surface area contributed by atoms with Crippen molar-refractivity contribution in [3.05, 3.63) is 47.6 Å². The Morgan fingerprint density at radius 3 is 2.55 bits per heavy atom. The summed E-state index contributed by atoms with van der Waals surface area (Å²) in [5, 5.41) is 30.8. The van der Waals surface area contributed by atoms with Crippen molar-refractivity contribution in [1.82, 2.24) is 0 Å². The highest BCUT2D eigenvalue weighted by molar-refractivity contribution is 5.38. The van der Waals surface area contributed by atoms with Crippen molar-refractivity contribution in [2.45, 2.75) is 110 Å². The third-order valence-electron chi connectivity index (χ3n) is 9.30. The maximum Gasteiger partial charge on any atom is 0.0811 e. The molecule has 3 saturated carbocycles. The molecule has 3 rings (SSSR count). The maximum absolute atomic E-state index is 10.5. The van der Waals surface area contributed by atoms with Gasteiger partial charge in [0, 0.05) is 6.42 Å². The molecule has 0 amide bonds. The molecular weight excluding hydrogens is 408 g/mol. The molecule has 3 N–H and O–H groups in total. The molecule has 3 aliphatic rings. The number of aliphatic hydroxyl groups excluding tert-OH is 3. The molecular formula is C30H48O3. The zero-order chi connectivity index (χ0) is 24.2. The van der Waals surface area contributed by atoms with Gasteiger partial charge in [-0.05, 0) is 85.2 Å². The summed E-state index contributed by atoms with van der Waals surface area (Å²) < 4.78 is 0. The summed E-state index contributed by atoms with van der Waals surface area (Å²) in [4.78, 5) is 0. The molecule has 0 heterocycles. The summed E-state index contributed by atoms with van der Waals surface area (Å²) in [6, 6.07) is 0. The number of fused-ring (bicyclic) bond motifs is 1. The van der Waals surface area contributed by atoms with Gasteiger partial charge >= 0.3 is 0 Å². The van der Waals surface area contributed by atoms with Crippen LogP contribution >= 0.6 is 0 Å². The van der Waals surface area contributed by atoms with Crippen LogP contribution in [0.3, 0.4) is 0 Å². The molecule has 0 saturated heterocycles. The Kier molecular flexibility index (Phi) is 9.23. The van der Waals surface area contributed by atoms with E-state index in [0.29, 0.717) is 41.9 Å². The minimum atomic E-state index is -0.626. The van der Waals surface area contributed by atoms with Crippen molar-refractivity contribution < 1.29 is 15.3 Å². The lowest BCUT2D eigenvalue weighted by molar-refractivity contribution is 0.0862. The molecule has 186 valence electrons. The van der Waals surface area contributed by atoms with Crippen LogP contribution in [0.1, 0.15) is 91.9 Å². The molecule has 0 radical (unpaired) electrons. The maximum atomic E-state index is 10.5. The predicted molar refractivity (Wildman–Crippen MR) is 138 cm³/mol. The van der Waals surface area contributed by atoms with Gasteiger partial charge in [0.2, 0.25) is 0 Å². The van der Waals surface area contributed by atoms with Crippen molar-refractivity contribution in [2.24, 2.45) is 29.1 Å². The van der Waals surface area contributed by atoms with Crippen LogP contribution in [0.4, 0.5) is 0 Å². The molecule has 3 nitrogen and oxygen atoms in total. The molecule has 0 spiro atoms. The van der Waals surface area contributed by atoms with E-state index in [4.69, 9.17) is 0 Å². The van der Waals surface area contributed by atoms with Gasteiger partial charge in [0.15, 0.2) is 0 Å². The molecule has 0 aromatic heterocycles. The number of rotatable bonds is 8. The van der Waals surface area contributed by atoms with Crippen molar-refractivity contribution in [2.75, 3.05) is 0 Å². The topological polar surface area (TPSA) is 60.7 Å². The standard InChI is InChI=1S/C30H48O3/c1-6-22(7-2)17-25(31)13-10-20(3)27-14-15-28-23(9-8-16-30(27,28)5)11-12-24-18-26(32)19-29(33)21(24)4/h10-13,20,22,25-29,31-33H,4,6-9,14-19H2,1-3,5H3/b13-10+,23-11+,24-12-/t20-,25-,26-,27-,28+,29+,30-/m1/s1. The van der Waals surface area contributed by atoms with Gasteiger partial charge < -0.3 is 15.3 Å². The lowest BCUT2D eigenvalue weighted by Crippen LogP contribution is -2.35. The second-order valence-corrected chi connectivity index (χ2v) is 11.4. The fourth-order valence-electron chi connectivity index (χ4n) is 7.09. The number of allylic oxidation sites excluding steroid dienone is 4. The van der Waals surface area contributed by atoms with Crippen LogP contribution in [0.25, 0.3) is 0 Å². The van der Waals surface area contributed by atoms with E-state index in [1.54, 1.807) is 0 Å². The van der Waals surface area contributed by atoms with Gasteiger partial charge in [-0.2, -0.15) is 0 Å². The Morgan fingerprint density at radius 1 is 1.12 bits per heavy atom. The summed E-state index contributed by atoms with van der Waals surface area (Å²) in [6.45, 7) is 13.3. The number of hydrogen-bond donors (Lipinski definition) is 3. The zero-order valence-corrected chi connectivity index (χ0v) is 21.5. The average Bonchev–Trinajstić information content (AvgIpc) is 3.14. The lowest BCUT2D eigenvalue weighted by atomic mass is 9.61. The molecule has 0 bridgehead atoms. The Balaban J connectivity index is 1.70. The summed E-state index contributed by atoms with van der Waals surface area (Å²) >= 11 is 0. The van der Waals surface area contributed by atoms with E-state index in [1.807, 2.05) is 0 Å². The summed E-state index contributed by atoms with van der Waals surface area (Å²) in [5.74, 6) is 2.32. The summed E-state index contributed by atoms with van der Waals surface area (Å²) in [7, 11) is 0. The third kappa shape index (κ3) is 6.10. The largest absolute Gasteiger partial charge is 0.393 e. The van der Waals surface area contributed by atoms with E-state index in [0.717, 1.165) is 36.8 Å². The normalized spacial score (nSPS) is 37.3. The number of aliphatic hydroxyl groups is 3. The zero-order valence-electron chi connectivity index (χ0n) is 21.5. The molecule has 0 aromatic carbocycles. The van der Waals surface area contributed by atoms with Crippen molar-refractivity contribution in [1.29, 1.82) is 0 Å². The molecule has 3 heteroatoms. The monoisotopic (exact) mass is 456 g/mol. The van der Waals surface area contributed by atoms with Gasteiger partial charge in [0.25, 0.3) is 0 Å². The third-order valence-corrected chi connectivity index (χ3v) is 9.30. The first-order chi connectivity index (χ1) is 15.7. The van der Waals surface area contributed by atoms with Crippen molar-refractivity contribution >= 4 is 0 Å². The lowest BCUT2D eigenvalue weighted by Gasteiger charge is -2.44. The van der Waals surface area contributed by atoms with Gasteiger partial charge in [-0.1, -0.05) is 77.0 Å². The van der Waals surface area contributed by atoms with Crippen LogP contribution in [-0.4, -0.2) is 33.6 Å². The minimum absolute atomic E-state index is 0.301. The van der Waals surface area contributed by atoms with E-state index in [9.17, 15) is 15.3 Å². The second-order valence-electron chi connectivity index (χ2n) is 11.4. The van der Waals surface area contributed by atoms with Gasteiger partial charge in [0.05, 0.1) is 18.3 Å². The van der Waals surface area contributed by atoms with Crippen LogP contribution in [0, 0.1) is 29.1 Å². The Hall–Kier alpha value is -1.16. The first-order valence-electron chi connectivity index (χ1n) is 13.5. The van der Waals surface area contributed by atoms with E-state index in [1.165, 1.54) is 31.3 Å². The first kappa shape index (κ1) is 26.4. The molecule has 33 heavy (non-hydrogen) atoms. The highest BCUT2D eigenvalue weighted by Gasteiger charge is 2.50. The van der Waals surface area contributed by atoms with Gasteiger partial charge in [-0.15, -0.1) is 0 Å². The smallest absolute Gasteiger partial charge is 0.0811 e. The van der Waals surface area contributed by atoms with Crippen LogP contribution in [0.2, 0.25) is 0 Å². The van der Waals surface area contributed by atoms with Crippen LogP contribution < -0.4 is 0 Å². The molecule has 3 fully saturated rings. The van der Waals surface area contributed by atoms with E-state index in [-0.39, 0.29) is 6.10 Å². The van der Waals surface area contributed by atoms with E-state index < -0.39 is 12.2 Å². The van der Waals surface area contributed by atoms with E-state index >= 15 is 0 Å². The fraction of sp³-hybridized carbons (Fsp3) is 0.733. The Morgan fingerprint density at radius 2 is 1.85 bits per heavy atom. The van der Waals surface area contributed by atoms with Crippen molar-refractivity contribution in [3.8, 4) is 0 Å². The Labute approximate surface area is 202 Å². The quantitative estimate of drug-likeness (QED) is 0.365. The average molecular weight is 457 g/mol. The van der Waals surface area contributed by atoms with Gasteiger partial charge in [-0.25, -0.2) is 0 Å². The van der Waals surface area contributed by atoms with Crippen LogP contribution in [0.5, 0.6) is 0 Å². The molecule has 0 aromatic rings. The Bertz CT molecular complexity index is 759. The van der Waals surface area contributed by atoms with Crippen LogP contribution in [-0.2, 0) is 0 Å². The highest BCUT2D eigenvalue weighted by atomic mass is 16.3. The van der Waals surface area contributed by atoms with Crippen LogP contribution in [0.15, 0.2) is 47.6 Å². The second kappa shape index (κ2) is 11.5. The fourth-order valence-corrected chi connectivity index (χ4v) is 7.09. The summed E-state index contributed by atoms with van der Waals surface area (Å²) in [6.07, 6.45) is 17.6. The molecule has 3 aliphatic carbocycles. The summed E-state index contributed by atoms with van der Waals surface area (Å²) in [5.41, 5.74) is 3.60. The predicted octanol–water partition coefficient (Wildman–Crippen LogP) is 6.51. The van der Waals surface area contributed by atoms with Crippen molar-refractivity contribution in [3.63, 3.8) is 0 Å². The molecule has 0 aliphatic heterocycles. The first-order valence-corrected chi connectivity index (χ1v) is 13.5. The molecule has 0 unspecified atom stereocenters. The number of hydrogen-bond acceptors (Lipinski definition) is 3. The van der Waals surface area contributed by atoms with Gasteiger partial charge in [0.1, 0.15) is 0 Å². The van der Waals surface area contributed by atoms with Gasteiger partial charge in [-0.3, -0.25) is 0 Å². The minimum Gasteiger partial charge on any atom is -0.393 e. The SMILES string of the molecule is C=C1/C(=C\C=C2/CCC[C@]3(C)[C@@H]([C@H](C)/C=C/[C@@H](O)CC(CC)CC)CC[C@@H]23)C[C@@H](O)C[C@@H]1O. The highest BCUT2D eigenvalue weighted by Crippen LogP contribution is 2.59. The van der Waals surface area contributed by atoms with E-state index in [2.05, 4.69) is 58.6 Å².